The molecule has 0 bridgehead atoms. The average molecular weight is 474 g/mol. The van der Waals surface area contributed by atoms with Gasteiger partial charge in [-0.15, -0.1) is 0 Å². The number of benzene rings is 1. The summed E-state index contributed by atoms with van der Waals surface area (Å²) >= 11 is 0. The Bertz CT molecular complexity index is 1150. The molecule has 3 aromatic rings. The molecule has 182 valence electrons. The number of piperidine rings is 1. The van der Waals surface area contributed by atoms with Crippen LogP contribution >= 0.6 is 0 Å². The molecule has 0 spiro atoms. The molecule has 0 radical (unpaired) electrons. The maximum absolute atomic E-state index is 13.5. The number of rotatable bonds is 6. The molecule has 3 heterocycles. The van der Waals surface area contributed by atoms with Crippen molar-refractivity contribution in [3.05, 3.63) is 52.3 Å². The summed E-state index contributed by atoms with van der Waals surface area (Å²) in [5.74, 6) is 0.489. The first-order valence-electron chi connectivity index (χ1n) is 11.5. The Labute approximate surface area is 197 Å². The van der Waals surface area contributed by atoms with Crippen LogP contribution in [-0.2, 0) is 6.18 Å². The lowest BCUT2D eigenvalue weighted by Gasteiger charge is -2.32. The summed E-state index contributed by atoms with van der Waals surface area (Å²) < 4.78 is 40.6. The third-order valence-electron chi connectivity index (χ3n) is 6.38. The van der Waals surface area contributed by atoms with Crippen molar-refractivity contribution >= 4 is 23.3 Å². The van der Waals surface area contributed by atoms with Gasteiger partial charge in [0.2, 0.25) is 5.95 Å². The smallest absolute Gasteiger partial charge is 0.324 e. The lowest BCUT2D eigenvalue weighted by molar-refractivity contribution is -0.137. The second kappa shape index (κ2) is 9.61. The molecule has 0 aliphatic carbocycles. The molecule has 0 amide bonds. The minimum atomic E-state index is -4.60. The van der Waals surface area contributed by atoms with Gasteiger partial charge in [0.1, 0.15) is 11.4 Å². The number of halogens is 3. The largest absolute Gasteiger partial charge is 0.421 e. The zero-order valence-corrected chi connectivity index (χ0v) is 19.8. The normalized spacial score (nSPS) is 15.5. The minimum absolute atomic E-state index is 0.0780. The number of hydrogen-bond acceptors (Lipinski definition) is 6. The van der Waals surface area contributed by atoms with E-state index in [1.54, 1.807) is 13.0 Å². The monoisotopic (exact) mass is 473 g/mol. The molecular weight excluding hydrogens is 443 g/mol. The second-order valence-corrected chi connectivity index (χ2v) is 8.87. The number of anilines is 4. The van der Waals surface area contributed by atoms with Crippen molar-refractivity contribution in [3.8, 4) is 0 Å². The molecule has 0 unspecified atom stereocenters. The summed E-state index contributed by atoms with van der Waals surface area (Å²) in [5, 5.41) is 12.4. The molecule has 3 N–H and O–H groups in total. The third-order valence-corrected chi connectivity index (χ3v) is 6.38. The van der Waals surface area contributed by atoms with Crippen molar-refractivity contribution in [2.75, 3.05) is 30.3 Å². The van der Waals surface area contributed by atoms with Crippen LogP contribution in [-0.4, -0.2) is 44.7 Å². The van der Waals surface area contributed by atoms with Gasteiger partial charge in [-0.2, -0.15) is 23.3 Å². The number of aromatic nitrogens is 4. The SMILES string of the molecule is CCN1CCC(c2cc(C)c(Nc3ncc(C(F)(F)F)c(Nc4cc(C)[nH]n4)n3)cc2C)CC1. The standard InChI is InChI=1S/C24H30F3N7/c1-5-34-8-6-17(7-9-34)18-10-15(3)20(11-14(18)2)29-23-28-13-19(24(25,26)27)22(31-23)30-21-12-16(4)32-33-21/h10-13,17H,5-9H2,1-4H3,(H3,28,29,30,31,32,33). The molecule has 1 aliphatic heterocycles. The maximum Gasteiger partial charge on any atom is 0.421 e. The van der Waals surface area contributed by atoms with E-state index >= 15 is 0 Å². The summed E-state index contributed by atoms with van der Waals surface area (Å²) in [6.45, 7) is 11.3. The van der Waals surface area contributed by atoms with Gasteiger partial charge < -0.3 is 15.5 Å². The Morgan fingerprint density at radius 1 is 1.06 bits per heavy atom. The highest BCUT2D eigenvalue weighted by atomic mass is 19.4. The number of nitrogens with one attached hydrogen (secondary N) is 3. The van der Waals surface area contributed by atoms with Crippen molar-refractivity contribution in [2.45, 2.75) is 52.6 Å². The second-order valence-electron chi connectivity index (χ2n) is 8.87. The van der Waals surface area contributed by atoms with E-state index in [4.69, 9.17) is 0 Å². The maximum atomic E-state index is 13.5. The molecule has 1 saturated heterocycles. The van der Waals surface area contributed by atoms with Crippen LogP contribution in [0, 0.1) is 20.8 Å². The topological polar surface area (TPSA) is 81.8 Å². The van der Waals surface area contributed by atoms with Crippen LogP contribution in [0.1, 0.15) is 53.6 Å². The van der Waals surface area contributed by atoms with Gasteiger partial charge in [-0.05, 0) is 81.9 Å². The van der Waals surface area contributed by atoms with Gasteiger partial charge in [-0.3, -0.25) is 5.10 Å². The average Bonchev–Trinajstić information content (AvgIpc) is 3.20. The Morgan fingerprint density at radius 2 is 1.79 bits per heavy atom. The quantitative estimate of drug-likeness (QED) is 0.418. The van der Waals surface area contributed by atoms with Crippen molar-refractivity contribution in [1.82, 2.24) is 25.1 Å². The first kappa shape index (κ1) is 24.0. The van der Waals surface area contributed by atoms with Crippen LogP contribution in [0.3, 0.4) is 0 Å². The zero-order chi connectivity index (χ0) is 24.5. The van der Waals surface area contributed by atoms with Crippen LogP contribution < -0.4 is 10.6 Å². The van der Waals surface area contributed by atoms with Gasteiger partial charge in [-0.1, -0.05) is 13.0 Å². The van der Waals surface area contributed by atoms with Gasteiger partial charge in [-0.25, -0.2) is 4.98 Å². The van der Waals surface area contributed by atoms with E-state index in [0.717, 1.165) is 61.2 Å². The van der Waals surface area contributed by atoms with E-state index < -0.39 is 11.7 Å². The van der Waals surface area contributed by atoms with Gasteiger partial charge in [0.25, 0.3) is 0 Å². The number of hydrogen-bond donors (Lipinski definition) is 3. The summed E-state index contributed by atoms with van der Waals surface area (Å²) in [6, 6.07) is 5.81. The number of aromatic amines is 1. The zero-order valence-electron chi connectivity index (χ0n) is 19.8. The number of H-pyrrole nitrogens is 1. The summed E-state index contributed by atoms with van der Waals surface area (Å²) in [5.41, 5.74) is 4.02. The Balaban J connectivity index is 1.58. The summed E-state index contributed by atoms with van der Waals surface area (Å²) in [6.07, 6.45) is -1.56. The molecule has 0 saturated carbocycles. The highest BCUT2D eigenvalue weighted by Crippen LogP contribution is 2.36. The van der Waals surface area contributed by atoms with Crippen LogP contribution in [0.25, 0.3) is 0 Å². The fourth-order valence-electron chi connectivity index (χ4n) is 4.44. The predicted molar refractivity (Wildman–Crippen MR) is 127 cm³/mol. The van der Waals surface area contributed by atoms with Crippen molar-refractivity contribution in [3.63, 3.8) is 0 Å². The highest BCUT2D eigenvalue weighted by Gasteiger charge is 2.35. The summed E-state index contributed by atoms with van der Waals surface area (Å²) in [7, 11) is 0. The number of alkyl halides is 3. The van der Waals surface area contributed by atoms with E-state index in [1.807, 2.05) is 13.0 Å². The molecule has 1 fully saturated rings. The van der Waals surface area contributed by atoms with E-state index in [1.165, 1.54) is 5.56 Å². The van der Waals surface area contributed by atoms with Gasteiger partial charge >= 0.3 is 6.18 Å². The van der Waals surface area contributed by atoms with Crippen molar-refractivity contribution < 1.29 is 13.2 Å². The predicted octanol–water partition coefficient (Wildman–Crippen LogP) is 5.83. The van der Waals surface area contributed by atoms with E-state index in [-0.39, 0.29) is 17.6 Å². The number of aryl methyl sites for hydroxylation is 3. The van der Waals surface area contributed by atoms with E-state index in [9.17, 15) is 13.2 Å². The van der Waals surface area contributed by atoms with Gasteiger partial charge in [0.15, 0.2) is 5.82 Å². The molecular formula is C24H30F3N7. The van der Waals surface area contributed by atoms with Crippen molar-refractivity contribution in [1.29, 1.82) is 0 Å². The van der Waals surface area contributed by atoms with Gasteiger partial charge in [0.05, 0.1) is 0 Å². The lowest BCUT2D eigenvalue weighted by Crippen LogP contribution is -2.32. The van der Waals surface area contributed by atoms with Crippen LogP contribution in [0.5, 0.6) is 0 Å². The molecule has 0 atom stereocenters. The van der Waals surface area contributed by atoms with Crippen molar-refractivity contribution in [2.24, 2.45) is 0 Å². The van der Waals surface area contributed by atoms with E-state index in [2.05, 4.69) is 55.6 Å². The van der Waals surface area contributed by atoms with Crippen LogP contribution in [0.2, 0.25) is 0 Å². The Hall–Kier alpha value is -3.14. The molecule has 7 nitrogen and oxygen atoms in total. The highest BCUT2D eigenvalue weighted by molar-refractivity contribution is 5.64. The molecule has 4 rings (SSSR count). The fraction of sp³-hybridized carbons (Fsp3) is 0.458. The minimum Gasteiger partial charge on any atom is -0.324 e. The molecule has 2 aromatic heterocycles. The molecule has 1 aromatic carbocycles. The Kier molecular flexibility index (Phi) is 6.79. The molecule has 34 heavy (non-hydrogen) atoms. The van der Waals surface area contributed by atoms with Crippen LogP contribution in [0.4, 0.5) is 36.4 Å². The third kappa shape index (κ3) is 5.32. The van der Waals surface area contributed by atoms with E-state index in [0.29, 0.717) is 5.92 Å². The molecule has 1 aliphatic rings. The van der Waals surface area contributed by atoms with Crippen LogP contribution in [0.15, 0.2) is 24.4 Å². The fourth-order valence-corrected chi connectivity index (χ4v) is 4.44. The first-order valence-corrected chi connectivity index (χ1v) is 11.5. The molecule has 10 heteroatoms. The van der Waals surface area contributed by atoms with Gasteiger partial charge in [0, 0.05) is 23.6 Å². The summed E-state index contributed by atoms with van der Waals surface area (Å²) in [4.78, 5) is 10.5. The lowest BCUT2D eigenvalue weighted by atomic mass is 9.85. The number of likely N-dealkylation sites (tertiary alicyclic amines) is 1. The first-order chi connectivity index (χ1) is 16.1. The Morgan fingerprint density at radius 3 is 2.41 bits per heavy atom. The number of nitrogens with zero attached hydrogens (tertiary/aromatic N) is 4.